The van der Waals surface area contributed by atoms with Crippen LogP contribution >= 0.6 is 0 Å². The number of carbonyl (C=O) groups is 1. The number of carbonyl (C=O) groups excluding carboxylic acids is 1. The Balaban J connectivity index is 1.70. The number of nitrogens with zero attached hydrogens (tertiary/aromatic N) is 4. The van der Waals surface area contributed by atoms with Gasteiger partial charge >= 0.3 is 0 Å². The van der Waals surface area contributed by atoms with E-state index in [1.54, 1.807) is 36.0 Å². The topological polar surface area (TPSA) is 85.3 Å². The minimum Gasteiger partial charge on any atom is -0.351 e. The average molecular weight is 257 g/mol. The Morgan fingerprint density at radius 3 is 3.16 bits per heavy atom. The number of nitrogens with one attached hydrogen (secondary N) is 1. The predicted molar refractivity (Wildman–Crippen MR) is 65.4 cm³/mol. The fraction of sp³-hybridized carbons (Fsp3) is 0.167. The van der Waals surface area contributed by atoms with Gasteiger partial charge in [-0.25, -0.2) is 9.97 Å². The molecule has 7 heteroatoms. The summed E-state index contributed by atoms with van der Waals surface area (Å²) in [6.07, 6.45) is 7.00. The minimum atomic E-state index is -0.300. The number of hydrogen-bond acceptors (Lipinski definition) is 5. The van der Waals surface area contributed by atoms with E-state index in [2.05, 4.69) is 20.4 Å². The van der Waals surface area contributed by atoms with Gasteiger partial charge in [0.1, 0.15) is 0 Å². The Kier molecular flexibility index (Phi) is 2.71. The van der Waals surface area contributed by atoms with E-state index >= 15 is 0 Å². The van der Waals surface area contributed by atoms with Gasteiger partial charge in [0, 0.05) is 43.0 Å². The van der Waals surface area contributed by atoms with Crippen molar-refractivity contribution in [2.24, 2.45) is 0 Å². The monoisotopic (exact) mass is 257 g/mol. The second-order valence-corrected chi connectivity index (χ2v) is 4.11. The highest BCUT2D eigenvalue weighted by Crippen LogP contribution is 2.04. The van der Waals surface area contributed by atoms with E-state index in [0.717, 1.165) is 5.56 Å². The molecule has 1 N–H and O–H groups in total. The molecule has 3 heterocycles. The molecule has 96 valence electrons. The van der Waals surface area contributed by atoms with Crippen molar-refractivity contribution >= 4 is 11.7 Å². The molecule has 0 saturated carbocycles. The highest BCUT2D eigenvalue weighted by Gasteiger charge is 2.11. The van der Waals surface area contributed by atoms with Gasteiger partial charge in [0.05, 0.1) is 5.69 Å². The van der Waals surface area contributed by atoms with Gasteiger partial charge in [-0.05, 0) is 6.92 Å². The van der Waals surface area contributed by atoms with Crippen molar-refractivity contribution in [3.8, 4) is 0 Å². The molecule has 0 aromatic carbocycles. The van der Waals surface area contributed by atoms with Crippen molar-refractivity contribution < 1.29 is 9.32 Å². The lowest BCUT2D eigenvalue weighted by atomic mass is 10.3. The minimum absolute atomic E-state index is 0.203. The summed E-state index contributed by atoms with van der Waals surface area (Å²) in [5.74, 6) is 0.529. The van der Waals surface area contributed by atoms with Crippen LogP contribution in [-0.4, -0.2) is 25.4 Å². The van der Waals surface area contributed by atoms with Crippen LogP contribution in [0.15, 0.2) is 35.4 Å². The average Bonchev–Trinajstić information content (AvgIpc) is 3.03. The Hall–Kier alpha value is -2.70. The molecule has 3 aromatic heterocycles. The number of rotatable bonds is 3. The molecule has 1 amide bonds. The van der Waals surface area contributed by atoms with E-state index in [1.807, 2.05) is 6.20 Å². The molecular formula is C12H11N5O2. The summed E-state index contributed by atoms with van der Waals surface area (Å²) >= 11 is 0. The highest BCUT2D eigenvalue weighted by molar-refractivity contribution is 5.91. The van der Waals surface area contributed by atoms with Gasteiger partial charge in [-0.15, -0.1) is 0 Å². The van der Waals surface area contributed by atoms with E-state index in [9.17, 15) is 4.79 Å². The molecule has 3 rings (SSSR count). The van der Waals surface area contributed by atoms with Crippen LogP contribution in [0.5, 0.6) is 0 Å². The molecule has 0 spiro atoms. The summed E-state index contributed by atoms with van der Waals surface area (Å²) in [6, 6.07) is 1.59. The molecule has 0 fully saturated rings. The Morgan fingerprint density at radius 2 is 2.37 bits per heavy atom. The first-order valence-corrected chi connectivity index (χ1v) is 5.71. The van der Waals surface area contributed by atoms with E-state index in [1.165, 1.54) is 0 Å². The lowest BCUT2D eigenvalue weighted by molar-refractivity contribution is 0.0914. The zero-order valence-electron chi connectivity index (χ0n) is 10.2. The second kappa shape index (κ2) is 4.52. The van der Waals surface area contributed by atoms with Crippen LogP contribution in [0.25, 0.3) is 5.78 Å². The van der Waals surface area contributed by atoms with Crippen molar-refractivity contribution in [1.29, 1.82) is 0 Å². The van der Waals surface area contributed by atoms with Crippen LogP contribution in [0.2, 0.25) is 0 Å². The number of amides is 1. The van der Waals surface area contributed by atoms with Crippen molar-refractivity contribution in [1.82, 2.24) is 24.8 Å². The van der Waals surface area contributed by atoms with Gasteiger partial charge in [0.15, 0.2) is 0 Å². The maximum Gasteiger partial charge on any atom is 0.290 e. The normalized spacial score (nSPS) is 10.8. The van der Waals surface area contributed by atoms with Gasteiger partial charge in [-0.2, -0.15) is 0 Å². The highest BCUT2D eigenvalue weighted by atomic mass is 16.5. The predicted octanol–water partition coefficient (Wildman–Crippen LogP) is 0.956. The van der Waals surface area contributed by atoms with Gasteiger partial charge in [0.25, 0.3) is 5.91 Å². The first kappa shape index (κ1) is 11.4. The molecule has 7 nitrogen and oxygen atoms in total. The number of fused-ring (bicyclic) bond motifs is 1. The third-order valence-electron chi connectivity index (χ3n) is 2.60. The second-order valence-electron chi connectivity index (χ2n) is 4.11. The summed E-state index contributed by atoms with van der Waals surface area (Å²) in [5, 5.41) is 6.41. The first-order valence-electron chi connectivity index (χ1n) is 5.71. The fourth-order valence-corrected chi connectivity index (χ4v) is 1.69. The molecular weight excluding hydrogens is 246 g/mol. The summed E-state index contributed by atoms with van der Waals surface area (Å²) in [4.78, 5) is 20.0. The molecule has 0 aliphatic carbocycles. The van der Waals surface area contributed by atoms with Crippen molar-refractivity contribution in [2.75, 3.05) is 0 Å². The van der Waals surface area contributed by atoms with Crippen molar-refractivity contribution in [3.05, 3.63) is 47.9 Å². The van der Waals surface area contributed by atoms with Crippen LogP contribution in [0, 0.1) is 6.92 Å². The molecule has 0 atom stereocenters. The lowest BCUT2D eigenvalue weighted by Gasteiger charge is -2.03. The molecule has 0 aliphatic heterocycles. The number of imidazole rings is 1. The molecule has 0 saturated heterocycles. The lowest BCUT2D eigenvalue weighted by Crippen LogP contribution is -2.22. The third-order valence-corrected chi connectivity index (χ3v) is 2.60. The van der Waals surface area contributed by atoms with E-state index < -0.39 is 0 Å². The quantitative estimate of drug-likeness (QED) is 0.755. The number of aromatic nitrogens is 4. The van der Waals surface area contributed by atoms with Crippen LogP contribution in [-0.2, 0) is 6.54 Å². The standard InChI is InChI=1S/C12H11N5O2/c1-8-4-10(19-16-8)11(18)14-5-9-6-15-12-13-2-3-17(12)7-9/h2-4,6-7H,5H2,1H3,(H,14,18). The zero-order valence-corrected chi connectivity index (χ0v) is 10.2. The van der Waals surface area contributed by atoms with E-state index in [0.29, 0.717) is 18.0 Å². The molecule has 0 bridgehead atoms. The summed E-state index contributed by atoms with van der Waals surface area (Å²) in [7, 11) is 0. The molecule has 0 aliphatic rings. The fourth-order valence-electron chi connectivity index (χ4n) is 1.69. The number of aryl methyl sites for hydroxylation is 1. The zero-order chi connectivity index (χ0) is 13.2. The van der Waals surface area contributed by atoms with Crippen LogP contribution in [0.1, 0.15) is 21.8 Å². The maximum absolute atomic E-state index is 11.8. The van der Waals surface area contributed by atoms with Crippen LogP contribution in [0.4, 0.5) is 0 Å². The Morgan fingerprint density at radius 1 is 1.47 bits per heavy atom. The largest absolute Gasteiger partial charge is 0.351 e. The Labute approximate surface area is 108 Å². The molecule has 3 aromatic rings. The smallest absolute Gasteiger partial charge is 0.290 e. The molecule has 19 heavy (non-hydrogen) atoms. The summed E-state index contributed by atoms with van der Waals surface area (Å²) < 4.78 is 6.67. The van der Waals surface area contributed by atoms with Crippen molar-refractivity contribution in [2.45, 2.75) is 13.5 Å². The van der Waals surface area contributed by atoms with Crippen molar-refractivity contribution in [3.63, 3.8) is 0 Å². The number of hydrogen-bond donors (Lipinski definition) is 1. The van der Waals surface area contributed by atoms with Crippen LogP contribution in [0.3, 0.4) is 0 Å². The van der Waals surface area contributed by atoms with E-state index in [4.69, 9.17) is 4.52 Å². The van der Waals surface area contributed by atoms with E-state index in [-0.39, 0.29) is 11.7 Å². The van der Waals surface area contributed by atoms with Crippen LogP contribution < -0.4 is 5.32 Å². The van der Waals surface area contributed by atoms with Gasteiger partial charge < -0.3 is 9.84 Å². The molecule has 0 radical (unpaired) electrons. The Bertz CT molecular complexity index is 730. The maximum atomic E-state index is 11.8. The SMILES string of the molecule is Cc1cc(C(=O)NCc2cnc3nccn3c2)on1. The summed E-state index contributed by atoms with van der Waals surface area (Å²) in [5.41, 5.74) is 1.54. The third kappa shape index (κ3) is 2.30. The van der Waals surface area contributed by atoms with Gasteiger partial charge in [0.2, 0.25) is 11.5 Å². The van der Waals surface area contributed by atoms with Gasteiger partial charge in [-0.3, -0.25) is 9.20 Å². The summed E-state index contributed by atoms with van der Waals surface area (Å²) in [6.45, 7) is 2.12. The molecule has 0 unspecified atom stereocenters. The van der Waals surface area contributed by atoms with Gasteiger partial charge in [-0.1, -0.05) is 5.16 Å². The first-order chi connectivity index (χ1) is 9.22.